The summed E-state index contributed by atoms with van der Waals surface area (Å²) in [4.78, 5) is 10.7. The predicted molar refractivity (Wildman–Crippen MR) is 119 cm³/mol. The molecule has 3 aromatic heterocycles. The molecule has 1 saturated heterocycles. The van der Waals surface area contributed by atoms with Crippen LogP contribution < -0.4 is 5.32 Å². The molecule has 1 unspecified atom stereocenters. The van der Waals surface area contributed by atoms with Gasteiger partial charge in [-0.1, -0.05) is 30.9 Å². The highest BCUT2D eigenvalue weighted by Gasteiger charge is 2.22. The Morgan fingerprint density at radius 2 is 2.26 bits per heavy atom. The zero-order chi connectivity index (χ0) is 21.8. The average molecular weight is 420 g/mol. The Bertz CT molecular complexity index is 1150. The molecule has 0 radical (unpaired) electrons. The van der Waals surface area contributed by atoms with Crippen molar-refractivity contribution in [3.63, 3.8) is 0 Å². The largest absolute Gasteiger partial charge is 0.392 e. The molecule has 4 heterocycles. The number of allylic oxidation sites excluding steroid dienone is 5. The lowest BCUT2D eigenvalue weighted by Crippen LogP contribution is -2.21. The van der Waals surface area contributed by atoms with Gasteiger partial charge in [0.25, 0.3) is 0 Å². The van der Waals surface area contributed by atoms with Gasteiger partial charge in [0, 0.05) is 37.6 Å². The number of hydrogen-bond acceptors (Lipinski definition) is 6. The van der Waals surface area contributed by atoms with Crippen LogP contribution in [0.2, 0.25) is 0 Å². The fourth-order valence-corrected chi connectivity index (χ4v) is 3.60. The summed E-state index contributed by atoms with van der Waals surface area (Å²) in [7, 11) is 0. The van der Waals surface area contributed by atoms with Gasteiger partial charge in [-0.15, -0.1) is 5.10 Å². The van der Waals surface area contributed by atoms with E-state index in [2.05, 4.69) is 31.9 Å². The maximum Gasteiger partial charge on any atom is 0.181 e. The van der Waals surface area contributed by atoms with E-state index >= 15 is 0 Å². The summed E-state index contributed by atoms with van der Waals surface area (Å²) in [5.41, 5.74) is 2.66. The number of fused-ring (bicyclic) bond motifs is 1. The number of rotatable bonds is 7. The highest BCUT2D eigenvalue weighted by atomic mass is 19.1. The molecule has 7 nitrogen and oxygen atoms in total. The van der Waals surface area contributed by atoms with Gasteiger partial charge in [0.2, 0.25) is 0 Å². The van der Waals surface area contributed by atoms with Gasteiger partial charge >= 0.3 is 0 Å². The first-order chi connectivity index (χ1) is 15.0. The fraction of sp³-hybridized carbons (Fsp3) is 0.261. The summed E-state index contributed by atoms with van der Waals surface area (Å²) < 4.78 is 16.0. The lowest BCUT2D eigenvalue weighted by atomic mass is 10.2. The van der Waals surface area contributed by atoms with Crippen LogP contribution in [0.1, 0.15) is 24.7 Å². The van der Waals surface area contributed by atoms with Crippen LogP contribution in [0.15, 0.2) is 61.6 Å². The molecule has 1 fully saturated rings. The molecule has 1 aliphatic heterocycles. The van der Waals surface area contributed by atoms with Crippen molar-refractivity contribution >= 4 is 22.6 Å². The molecule has 1 aliphatic rings. The molecule has 8 heteroatoms. The zero-order valence-electron chi connectivity index (χ0n) is 17.4. The number of halogens is 1. The van der Waals surface area contributed by atoms with E-state index in [1.807, 2.05) is 43.5 Å². The number of anilines is 2. The zero-order valence-corrected chi connectivity index (χ0v) is 17.4. The van der Waals surface area contributed by atoms with Crippen LogP contribution in [0.4, 0.5) is 15.9 Å². The molecule has 31 heavy (non-hydrogen) atoms. The molecule has 0 aromatic carbocycles. The van der Waals surface area contributed by atoms with Crippen LogP contribution in [0.25, 0.3) is 11.1 Å². The van der Waals surface area contributed by atoms with Crippen LogP contribution in [0, 0.1) is 5.82 Å². The number of nitrogens with one attached hydrogen (secondary N) is 1. The van der Waals surface area contributed by atoms with Gasteiger partial charge in [0.1, 0.15) is 5.52 Å². The summed E-state index contributed by atoms with van der Waals surface area (Å²) in [5, 5.41) is 17.6. The van der Waals surface area contributed by atoms with Gasteiger partial charge in [-0.2, -0.15) is 0 Å². The van der Waals surface area contributed by atoms with E-state index in [1.165, 1.54) is 6.20 Å². The second kappa shape index (κ2) is 9.20. The van der Waals surface area contributed by atoms with Crippen LogP contribution in [0.3, 0.4) is 0 Å². The molecule has 3 aromatic rings. The average Bonchev–Trinajstić information content (AvgIpc) is 3.36. The normalized spacial score (nSPS) is 17.3. The van der Waals surface area contributed by atoms with Crippen molar-refractivity contribution < 1.29 is 9.50 Å². The van der Waals surface area contributed by atoms with Crippen molar-refractivity contribution in [2.75, 3.05) is 18.4 Å². The van der Waals surface area contributed by atoms with Crippen molar-refractivity contribution in [1.29, 1.82) is 0 Å². The molecule has 160 valence electrons. The fourth-order valence-electron chi connectivity index (χ4n) is 3.60. The number of aliphatic hydroxyl groups is 1. The van der Waals surface area contributed by atoms with Crippen LogP contribution in [-0.2, 0) is 6.54 Å². The minimum atomic E-state index is -0.469. The third kappa shape index (κ3) is 4.70. The predicted octanol–water partition coefficient (Wildman–Crippen LogP) is 3.72. The van der Waals surface area contributed by atoms with E-state index in [-0.39, 0.29) is 11.8 Å². The Morgan fingerprint density at radius 1 is 1.39 bits per heavy atom. The Morgan fingerprint density at radius 3 is 3.00 bits per heavy atom. The quantitative estimate of drug-likeness (QED) is 0.567. The first-order valence-electron chi connectivity index (χ1n) is 10.2. The molecule has 4 rings (SSSR count). The Hall–Kier alpha value is -3.36. The van der Waals surface area contributed by atoms with E-state index in [4.69, 9.17) is 0 Å². The monoisotopic (exact) mass is 420 g/mol. The lowest BCUT2D eigenvalue weighted by molar-refractivity contribution is 0.175. The molecule has 1 atom stereocenters. The lowest BCUT2D eigenvalue weighted by Gasteiger charge is -2.16. The summed E-state index contributed by atoms with van der Waals surface area (Å²) >= 11 is 0. The highest BCUT2D eigenvalue weighted by Crippen LogP contribution is 2.27. The number of aliphatic hydroxyl groups excluding tert-OH is 1. The number of nitrogens with zero attached hydrogens (tertiary/aromatic N) is 5. The second-order valence-corrected chi connectivity index (χ2v) is 7.49. The molecule has 0 amide bonds. The van der Waals surface area contributed by atoms with E-state index in [0.717, 1.165) is 30.2 Å². The van der Waals surface area contributed by atoms with Crippen molar-refractivity contribution in [3.8, 4) is 0 Å². The van der Waals surface area contributed by atoms with E-state index < -0.39 is 5.82 Å². The van der Waals surface area contributed by atoms with E-state index in [1.54, 1.807) is 10.6 Å². The number of likely N-dealkylation sites (tertiary alicyclic amines) is 1. The van der Waals surface area contributed by atoms with Crippen molar-refractivity contribution in [2.45, 2.75) is 26.0 Å². The van der Waals surface area contributed by atoms with Crippen LogP contribution in [0.5, 0.6) is 0 Å². The molecule has 2 N–H and O–H groups in total. The standard InChI is InChI=1S/C23H25FN6O/c1-3-4-5-6-16(2)22-27-23(26-20-7-10-25-13-19(20)24)21-17(8-12-30(21)28-22)14-29-11-9-18(31)15-29/h3-8,10,12-13,18,31H,2,9,11,14-15H2,1H3,(H,25,26,27,28)/b4-3-,6-5-. The topological polar surface area (TPSA) is 78.6 Å². The number of hydrogen-bond donors (Lipinski definition) is 2. The Labute approximate surface area is 180 Å². The van der Waals surface area contributed by atoms with Gasteiger partial charge < -0.3 is 10.4 Å². The van der Waals surface area contributed by atoms with Crippen molar-refractivity contribution in [1.82, 2.24) is 24.5 Å². The Kier molecular flexibility index (Phi) is 6.20. The smallest absolute Gasteiger partial charge is 0.181 e. The molecule has 0 saturated carbocycles. The van der Waals surface area contributed by atoms with Gasteiger partial charge in [-0.25, -0.2) is 13.9 Å². The summed E-state index contributed by atoms with van der Waals surface area (Å²) in [6.07, 6.45) is 12.5. The van der Waals surface area contributed by atoms with Crippen LogP contribution in [-0.4, -0.2) is 48.8 Å². The minimum absolute atomic E-state index is 0.278. The first kappa shape index (κ1) is 20.9. The summed E-state index contributed by atoms with van der Waals surface area (Å²) in [5.74, 6) is 0.447. The highest BCUT2D eigenvalue weighted by molar-refractivity contribution is 5.79. The molecular formula is C23H25FN6O. The van der Waals surface area contributed by atoms with Gasteiger partial charge in [0.15, 0.2) is 17.5 Å². The Balaban J connectivity index is 1.75. The van der Waals surface area contributed by atoms with Crippen molar-refractivity contribution in [3.05, 3.63) is 78.8 Å². The number of β-amino-alcohol motifs (C(OH)–C–C–N with tert-alkyl or cyclic N) is 1. The minimum Gasteiger partial charge on any atom is -0.392 e. The van der Waals surface area contributed by atoms with Gasteiger partial charge in [-0.3, -0.25) is 9.88 Å². The van der Waals surface area contributed by atoms with Gasteiger partial charge in [-0.05, 0) is 31.0 Å². The summed E-state index contributed by atoms with van der Waals surface area (Å²) in [6.45, 7) is 8.09. The number of aromatic nitrogens is 4. The molecular weight excluding hydrogens is 395 g/mol. The second-order valence-electron chi connectivity index (χ2n) is 7.49. The van der Waals surface area contributed by atoms with E-state index in [9.17, 15) is 9.50 Å². The van der Waals surface area contributed by atoms with E-state index in [0.29, 0.717) is 30.3 Å². The summed E-state index contributed by atoms with van der Waals surface area (Å²) in [6, 6.07) is 3.54. The third-order valence-electron chi connectivity index (χ3n) is 5.15. The maximum absolute atomic E-state index is 14.3. The molecule has 0 bridgehead atoms. The maximum atomic E-state index is 14.3. The SMILES string of the molecule is C=C(/C=C\C=C/C)c1nc(Nc2ccncc2F)c2c(CN3CCC(O)C3)ccn2n1. The van der Waals surface area contributed by atoms with Crippen molar-refractivity contribution in [2.24, 2.45) is 0 Å². The number of pyridine rings is 1. The third-order valence-corrected chi connectivity index (χ3v) is 5.15. The first-order valence-corrected chi connectivity index (χ1v) is 10.2. The van der Waals surface area contributed by atoms with Gasteiger partial charge in [0.05, 0.1) is 18.0 Å². The molecule has 0 aliphatic carbocycles. The van der Waals surface area contributed by atoms with Crippen LogP contribution >= 0.6 is 0 Å². The molecule has 0 spiro atoms.